The normalized spacial score (nSPS) is 14.0. The molecule has 1 atom stereocenters. The number of hydrogen-bond acceptors (Lipinski definition) is 3. The number of rotatable bonds is 5. The lowest BCUT2D eigenvalue weighted by molar-refractivity contribution is -0.274. The summed E-state index contributed by atoms with van der Waals surface area (Å²) in [6, 6.07) is 5.94. The number of anilines is 1. The summed E-state index contributed by atoms with van der Waals surface area (Å²) in [5.74, 6) is -0.401. The summed E-state index contributed by atoms with van der Waals surface area (Å²) >= 11 is 11.6. The molecule has 0 unspecified atom stereocenters. The molecule has 1 aromatic heterocycles. The Morgan fingerprint density at radius 2 is 1.88 bits per heavy atom. The first-order chi connectivity index (χ1) is 12.0. The van der Waals surface area contributed by atoms with Crippen molar-refractivity contribution in [3.8, 4) is 0 Å². The van der Waals surface area contributed by atoms with Crippen LogP contribution in [0.5, 0.6) is 0 Å². The van der Waals surface area contributed by atoms with Gasteiger partial charge in [0.05, 0.1) is 10.0 Å². The van der Waals surface area contributed by atoms with Crippen molar-refractivity contribution in [3.05, 3.63) is 51.9 Å². The average Bonchev–Trinajstić information content (AvgIpc) is 2.96. The third-order valence-electron chi connectivity index (χ3n) is 3.57. The number of aliphatic hydroxyl groups is 1. The van der Waals surface area contributed by atoms with E-state index in [1.807, 2.05) is 0 Å². The van der Waals surface area contributed by atoms with Crippen LogP contribution in [0.2, 0.25) is 10.0 Å². The molecule has 0 aliphatic carbocycles. The van der Waals surface area contributed by atoms with Gasteiger partial charge in [0.1, 0.15) is 11.5 Å². The van der Waals surface area contributed by atoms with Crippen molar-refractivity contribution in [1.29, 1.82) is 0 Å². The molecule has 0 aliphatic heterocycles. The zero-order valence-corrected chi connectivity index (χ0v) is 15.0. The van der Waals surface area contributed by atoms with E-state index >= 15 is 0 Å². The predicted molar refractivity (Wildman–Crippen MR) is 91.5 cm³/mol. The van der Waals surface area contributed by atoms with Gasteiger partial charge in [-0.1, -0.05) is 23.2 Å². The zero-order chi connectivity index (χ0) is 19.5. The van der Waals surface area contributed by atoms with Gasteiger partial charge in [-0.15, -0.1) is 0 Å². The Balaban J connectivity index is 1.99. The maximum atomic E-state index is 13.3. The lowest BCUT2D eigenvalue weighted by atomic mass is 9.96. The molecule has 2 amide bonds. The fourth-order valence-corrected chi connectivity index (χ4v) is 2.47. The Morgan fingerprint density at radius 1 is 1.19 bits per heavy atom. The number of hydrogen-bond donors (Lipinski definition) is 3. The number of alkyl halides is 3. The molecule has 3 N–H and O–H groups in total. The largest absolute Gasteiger partial charge is 0.463 e. The molecule has 0 spiro atoms. The minimum atomic E-state index is -4.97. The highest BCUT2D eigenvalue weighted by molar-refractivity contribution is 6.42. The van der Waals surface area contributed by atoms with Crippen LogP contribution in [-0.2, 0) is 5.60 Å². The van der Waals surface area contributed by atoms with Crippen LogP contribution < -0.4 is 10.6 Å². The first kappa shape index (κ1) is 20.4. The maximum Gasteiger partial charge on any atom is 0.424 e. The highest BCUT2D eigenvalue weighted by Crippen LogP contribution is 2.42. The molecule has 1 heterocycles. The molecule has 0 fully saturated rings. The van der Waals surface area contributed by atoms with E-state index < -0.39 is 36.5 Å². The molecule has 142 valence electrons. The topological polar surface area (TPSA) is 74.5 Å². The first-order valence-electron chi connectivity index (χ1n) is 7.39. The SMILES string of the molecule is Cc1ccc([C@@](O)(CCNC(=O)Nc2ccc(Cl)c(Cl)c2)C(F)(F)F)o1. The van der Waals surface area contributed by atoms with Crippen LogP contribution in [0.3, 0.4) is 0 Å². The van der Waals surface area contributed by atoms with Crippen molar-refractivity contribution in [2.75, 3.05) is 11.9 Å². The number of benzene rings is 1. The Bertz CT molecular complexity index is 795. The molecule has 2 aromatic rings. The molecule has 26 heavy (non-hydrogen) atoms. The molecule has 2 rings (SSSR count). The standard InChI is InChI=1S/C16H15Cl2F3N2O3/c1-9-2-5-13(26-9)15(25,16(19,20)21)6-7-22-14(24)23-10-3-4-11(17)12(18)8-10/h2-5,8,25H,6-7H2,1H3,(H2,22,23,24)/t15-/m0/s1. The summed E-state index contributed by atoms with van der Waals surface area (Å²) in [6.45, 7) is 1.01. The van der Waals surface area contributed by atoms with Gasteiger partial charge in [-0.05, 0) is 37.3 Å². The summed E-state index contributed by atoms with van der Waals surface area (Å²) in [6.07, 6.45) is -5.79. The Kier molecular flexibility index (Phi) is 6.10. The van der Waals surface area contributed by atoms with Crippen LogP contribution in [0, 0.1) is 6.92 Å². The van der Waals surface area contributed by atoms with E-state index in [0.29, 0.717) is 10.7 Å². The van der Waals surface area contributed by atoms with Gasteiger partial charge in [0.15, 0.2) is 0 Å². The number of urea groups is 1. The zero-order valence-electron chi connectivity index (χ0n) is 13.5. The maximum absolute atomic E-state index is 13.3. The van der Waals surface area contributed by atoms with E-state index in [-0.39, 0.29) is 10.8 Å². The third kappa shape index (κ3) is 4.63. The van der Waals surface area contributed by atoms with Gasteiger partial charge in [0.2, 0.25) is 5.60 Å². The van der Waals surface area contributed by atoms with Crippen molar-refractivity contribution < 1.29 is 27.5 Å². The fraction of sp³-hybridized carbons (Fsp3) is 0.312. The van der Waals surface area contributed by atoms with Crippen LogP contribution in [0.1, 0.15) is 17.9 Å². The summed E-state index contributed by atoms with van der Waals surface area (Å²) in [4.78, 5) is 11.8. The van der Waals surface area contributed by atoms with Gasteiger partial charge in [-0.3, -0.25) is 0 Å². The monoisotopic (exact) mass is 410 g/mol. The first-order valence-corrected chi connectivity index (χ1v) is 8.14. The van der Waals surface area contributed by atoms with E-state index in [1.165, 1.54) is 31.2 Å². The van der Waals surface area contributed by atoms with E-state index in [1.54, 1.807) is 0 Å². The molecule has 0 radical (unpaired) electrons. The smallest absolute Gasteiger partial charge is 0.424 e. The number of halogens is 5. The minimum absolute atomic E-state index is 0.212. The van der Waals surface area contributed by atoms with Crippen molar-refractivity contribution in [2.24, 2.45) is 0 Å². The van der Waals surface area contributed by atoms with Crippen LogP contribution in [0.15, 0.2) is 34.7 Å². The Hall–Kier alpha value is -1.90. The Morgan fingerprint density at radius 3 is 2.42 bits per heavy atom. The quantitative estimate of drug-likeness (QED) is 0.658. The second-order valence-electron chi connectivity index (χ2n) is 5.53. The van der Waals surface area contributed by atoms with Crippen molar-refractivity contribution >= 4 is 34.9 Å². The lowest BCUT2D eigenvalue weighted by Crippen LogP contribution is -2.45. The number of amides is 2. The number of carbonyl (C=O) groups is 1. The van der Waals surface area contributed by atoms with Gasteiger partial charge in [-0.25, -0.2) is 4.79 Å². The molecular weight excluding hydrogens is 396 g/mol. The van der Waals surface area contributed by atoms with Crippen LogP contribution in [0.25, 0.3) is 0 Å². The Labute approximate surface area is 157 Å². The van der Waals surface area contributed by atoms with Gasteiger partial charge in [0, 0.05) is 18.7 Å². The van der Waals surface area contributed by atoms with E-state index in [0.717, 1.165) is 6.07 Å². The van der Waals surface area contributed by atoms with Crippen molar-refractivity contribution in [2.45, 2.75) is 25.1 Å². The highest BCUT2D eigenvalue weighted by Gasteiger charge is 2.56. The van der Waals surface area contributed by atoms with E-state index in [9.17, 15) is 23.1 Å². The number of aryl methyl sites for hydroxylation is 1. The molecule has 0 saturated carbocycles. The third-order valence-corrected chi connectivity index (χ3v) is 4.31. The molecule has 10 heteroatoms. The molecule has 5 nitrogen and oxygen atoms in total. The van der Waals surface area contributed by atoms with Crippen LogP contribution in [0.4, 0.5) is 23.7 Å². The summed E-state index contributed by atoms with van der Waals surface area (Å²) < 4.78 is 44.8. The van der Waals surface area contributed by atoms with E-state index in [4.69, 9.17) is 27.6 Å². The lowest BCUT2D eigenvalue weighted by Gasteiger charge is -2.28. The van der Waals surface area contributed by atoms with Crippen molar-refractivity contribution in [1.82, 2.24) is 5.32 Å². The van der Waals surface area contributed by atoms with E-state index in [2.05, 4.69) is 10.6 Å². The van der Waals surface area contributed by atoms with Gasteiger partial charge in [-0.2, -0.15) is 13.2 Å². The molecule has 0 aliphatic rings. The average molecular weight is 411 g/mol. The summed E-state index contributed by atoms with van der Waals surface area (Å²) in [7, 11) is 0. The van der Waals surface area contributed by atoms with Gasteiger partial charge in [0.25, 0.3) is 0 Å². The molecule has 1 aromatic carbocycles. The fourth-order valence-electron chi connectivity index (χ4n) is 2.17. The molecule has 0 bridgehead atoms. The number of furan rings is 1. The van der Waals surface area contributed by atoms with Gasteiger partial charge < -0.3 is 20.2 Å². The predicted octanol–water partition coefficient (Wildman–Crippen LogP) is 4.86. The summed E-state index contributed by atoms with van der Waals surface area (Å²) in [5.41, 5.74) is -2.90. The van der Waals surface area contributed by atoms with Gasteiger partial charge >= 0.3 is 12.2 Å². The number of carbonyl (C=O) groups excluding carboxylic acids is 1. The van der Waals surface area contributed by atoms with Crippen LogP contribution in [-0.4, -0.2) is 23.9 Å². The highest BCUT2D eigenvalue weighted by atomic mass is 35.5. The summed E-state index contributed by atoms with van der Waals surface area (Å²) in [5, 5.41) is 15.2. The number of nitrogens with one attached hydrogen (secondary N) is 2. The minimum Gasteiger partial charge on any atom is -0.463 e. The second kappa shape index (κ2) is 7.77. The molecule has 0 saturated heterocycles. The second-order valence-corrected chi connectivity index (χ2v) is 6.34. The van der Waals surface area contributed by atoms with Crippen molar-refractivity contribution in [3.63, 3.8) is 0 Å². The van der Waals surface area contributed by atoms with Crippen LogP contribution >= 0.6 is 23.2 Å². The molecular formula is C16H15Cl2F3N2O3.